The fraction of sp³-hybridized carbons (Fsp3) is 0.830. The smallest absolute Gasteiger partial charge is 0.330 e. The van der Waals surface area contributed by atoms with Crippen LogP contribution in [0.25, 0.3) is 0 Å². The van der Waals surface area contributed by atoms with Crippen LogP contribution in [0.2, 0.25) is 0 Å². The molecule has 0 heterocycles. The summed E-state index contributed by atoms with van der Waals surface area (Å²) in [7, 11) is 0. The van der Waals surface area contributed by atoms with E-state index in [0.717, 1.165) is 49.7 Å². The van der Waals surface area contributed by atoms with Gasteiger partial charge in [0.1, 0.15) is 31.8 Å². The molecule has 0 aromatic heterocycles. The van der Waals surface area contributed by atoms with E-state index in [1.54, 1.807) is 0 Å². The Bertz CT molecular complexity index is 909. The monoisotopic (exact) mass is 777 g/mol. The third-order valence-corrected chi connectivity index (χ3v) is 10.3. The Morgan fingerprint density at radius 2 is 0.636 bits per heavy atom. The van der Waals surface area contributed by atoms with Crippen molar-refractivity contribution in [2.45, 2.75) is 207 Å². The van der Waals surface area contributed by atoms with E-state index in [-0.39, 0.29) is 39.3 Å². The minimum absolute atomic E-state index is 0.246. The average Bonchev–Trinajstić information content (AvgIpc) is 3.16. The first-order valence-electron chi connectivity index (χ1n) is 22.4. The molecule has 320 valence electrons. The van der Waals surface area contributed by atoms with Gasteiger partial charge in [0, 0.05) is 25.0 Å². The number of unbranched alkanes of at least 4 members (excludes halogenated alkanes) is 22. The van der Waals surface area contributed by atoms with Gasteiger partial charge in [0.25, 0.3) is 0 Å². The lowest BCUT2D eigenvalue weighted by Crippen LogP contribution is -2.43. The molecule has 0 aliphatic rings. The van der Waals surface area contributed by atoms with E-state index in [2.05, 4.69) is 40.9 Å². The largest absolute Gasteiger partial charge is 0.465 e. The average molecular weight is 777 g/mol. The number of hydrogen-bond acceptors (Lipinski definition) is 8. The van der Waals surface area contributed by atoms with Gasteiger partial charge in [0.2, 0.25) is 0 Å². The van der Waals surface area contributed by atoms with Gasteiger partial charge in [-0.25, -0.2) is 9.59 Å². The quantitative estimate of drug-likeness (QED) is 0.0262. The molecule has 0 radical (unpaired) electrons. The van der Waals surface area contributed by atoms with E-state index in [9.17, 15) is 19.2 Å². The summed E-state index contributed by atoms with van der Waals surface area (Å²) >= 11 is 0. The van der Waals surface area contributed by atoms with Gasteiger partial charge in [0.15, 0.2) is 0 Å². The highest BCUT2D eigenvalue weighted by Gasteiger charge is 2.37. The highest BCUT2D eigenvalue weighted by Crippen LogP contribution is 2.23. The summed E-state index contributed by atoms with van der Waals surface area (Å²) < 4.78 is 21.9. The molecule has 0 aromatic rings. The van der Waals surface area contributed by atoms with E-state index in [1.807, 2.05) is 0 Å². The van der Waals surface area contributed by atoms with Crippen molar-refractivity contribution in [3.63, 3.8) is 0 Å². The van der Waals surface area contributed by atoms with Crippen molar-refractivity contribution < 1.29 is 38.1 Å². The predicted octanol–water partition coefficient (Wildman–Crippen LogP) is 12.8. The standard InChI is InChI=1S/C47H84O8/c1-7-43(48)52-37-47(38-53-44(49)8-2,39-54-45(50)35-31-27-23-19-15-11-9-13-17-21-25-29-33-41(3)4)40-55-46(51)36-32-28-24-20-16-12-10-14-18-22-26-30-34-42(5)6/h7-8,41-42H,1-2,9-40H2,3-6H3. The van der Waals surface area contributed by atoms with Crippen molar-refractivity contribution in [2.75, 3.05) is 26.4 Å². The van der Waals surface area contributed by atoms with Crippen LogP contribution in [0.15, 0.2) is 25.3 Å². The molecular formula is C47H84O8. The van der Waals surface area contributed by atoms with Gasteiger partial charge in [0.05, 0.1) is 0 Å². The number of carbonyl (C=O) groups excluding carboxylic acids is 4. The Morgan fingerprint density at radius 3 is 0.891 bits per heavy atom. The number of carbonyl (C=O) groups is 4. The minimum Gasteiger partial charge on any atom is -0.465 e. The molecule has 0 atom stereocenters. The molecule has 0 bridgehead atoms. The zero-order chi connectivity index (χ0) is 40.8. The number of hydrogen-bond donors (Lipinski definition) is 0. The van der Waals surface area contributed by atoms with Crippen LogP contribution in [-0.2, 0) is 38.1 Å². The summed E-state index contributed by atoms with van der Waals surface area (Å²) in [5.74, 6) is -0.547. The van der Waals surface area contributed by atoms with Crippen LogP contribution in [0.3, 0.4) is 0 Å². The van der Waals surface area contributed by atoms with E-state index < -0.39 is 29.3 Å². The summed E-state index contributed by atoms with van der Waals surface area (Å²) in [6.07, 6.45) is 34.1. The van der Waals surface area contributed by atoms with Crippen molar-refractivity contribution in [3.05, 3.63) is 25.3 Å². The van der Waals surface area contributed by atoms with E-state index in [1.165, 1.54) is 128 Å². The summed E-state index contributed by atoms with van der Waals surface area (Å²) in [5.41, 5.74) is -1.27. The lowest BCUT2D eigenvalue weighted by Gasteiger charge is -2.31. The van der Waals surface area contributed by atoms with Gasteiger partial charge >= 0.3 is 23.9 Å². The van der Waals surface area contributed by atoms with Crippen molar-refractivity contribution in [3.8, 4) is 0 Å². The molecule has 0 aromatic carbocycles. The van der Waals surface area contributed by atoms with Crippen LogP contribution in [0.5, 0.6) is 0 Å². The first-order valence-corrected chi connectivity index (χ1v) is 22.4. The van der Waals surface area contributed by atoms with Crippen molar-refractivity contribution in [1.82, 2.24) is 0 Å². The molecule has 0 saturated heterocycles. The second kappa shape index (κ2) is 37.0. The Kier molecular flexibility index (Phi) is 35.2. The van der Waals surface area contributed by atoms with Gasteiger partial charge in [-0.3, -0.25) is 9.59 Å². The minimum atomic E-state index is -1.27. The molecule has 0 saturated carbocycles. The fourth-order valence-electron chi connectivity index (χ4n) is 6.61. The third kappa shape index (κ3) is 35.5. The molecular weight excluding hydrogens is 693 g/mol. The summed E-state index contributed by atoms with van der Waals surface area (Å²) in [5, 5.41) is 0. The lowest BCUT2D eigenvalue weighted by molar-refractivity contribution is -0.167. The van der Waals surface area contributed by atoms with Crippen LogP contribution in [0.4, 0.5) is 0 Å². The van der Waals surface area contributed by atoms with Gasteiger partial charge in [-0.2, -0.15) is 0 Å². The van der Waals surface area contributed by atoms with Crippen molar-refractivity contribution in [1.29, 1.82) is 0 Å². The molecule has 0 rings (SSSR count). The van der Waals surface area contributed by atoms with Crippen LogP contribution in [-0.4, -0.2) is 50.3 Å². The van der Waals surface area contributed by atoms with Gasteiger partial charge < -0.3 is 18.9 Å². The zero-order valence-corrected chi connectivity index (χ0v) is 36.1. The number of ether oxygens (including phenoxy) is 4. The zero-order valence-electron chi connectivity index (χ0n) is 36.1. The molecule has 55 heavy (non-hydrogen) atoms. The van der Waals surface area contributed by atoms with Crippen LogP contribution in [0.1, 0.15) is 207 Å². The fourth-order valence-corrected chi connectivity index (χ4v) is 6.61. The molecule has 0 aliphatic heterocycles. The Labute approximate surface area is 337 Å². The first kappa shape index (κ1) is 52.4. The Morgan fingerprint density at radius 1 is 0.400 bits per heavy atom. The molecule has 8 heteroatoms. The maximum atomic E-state index is 12.7. The Balaban J connectivity index is 4.53. The van der Waals surface area contributed by atoms with Crippen LogP contribution < -0.4 is 0 Å². The molecule has 0 unspecified atom stereocenters. The van der Waals surface area contributed by atoms with E-state index in [0.29, 0.717) is 12.8 Å². The van der Waals surface area contributed by atoms with E-state index >= 15 is 0 Å². The maximum absolute atomic E-state index is 12.7. The second-order valence-corrected chi connectivity index (χ2v) is 16.8. The molecule has 0 aliphatic carbocycles. The SMILES string of the molecule is C=CC(=O)OCC(COC(=O)C=C)(COC(=O)CCCCCCCCCCCCCCC(C)C)COC(=O)CCCCCCCCCCCCCCC(C)C. The first-order chi connectivity index (χ1) is 26.5. The van der Waals surface area contributed by atoms with Crippen LogP contribution in [0, 0.1) is 17.3 Å². The Hall–Kier alpha value is -2.64. The van der Waals surface area contributed by atoms with Gasteiger partial charge in [-0.15, -0.1) is 0 Å². The van der Waals surface area contributed by atoms with Crippen molar-refractivity contribution >= 4 is 23.9 Å². The summed E-state index contributed by atoms with van der Waals surface area (Å²) in [4.78, 5) is 49.5. The van der Waals surface area contributed by atoms with Gasteiger partial charge in [-0.05, 0) is 24.7 Å². The molecule has 0 fully saturated rings. The maximum Gasteiger partial charge on any atom is 0.330 e. The third-order valence-electron chi connectivity index (χ3n) is 10.3. The predicted molar refractivity (Wildman–Crippen MR) is 226 cm³/mol. The highest BCUT2D eigenvalue weighted by atomic mass is 16.6. The normalized spacial score (nSPS) is 11.5. The van der Waals surface area contributed by atoms with Gasteiger partial charge in [-0.1, -0.05) is 195 Å². The highest BCUT2D eigenvalue weighted by molar-refractivity contribution is 5.81. The molecule has 8 nitrogen and oxygen atoms in total. The topological polar surface area (TPSA) is 105 Å². The molecule has 0 amide bonds. The number of esters is 4. The summed E-state index contributed by atoms with van der Waals surface area (Å²) in [6, 6.07) is 0. The summed E-state index contributed by atoms with van der Waals surface area (Å²) in [6.45, 7) is 15.0. The molecule has 0 spiro atoms. The lowest BCUT2D eigenvalue weighted by atomic mass is 9.92. The van der Waals surface area contributed by atoms with Crippen molar-refractivity contribution in [2.24, 2.45) is 17.3 Å². The number of rotatable bonds is 40. The van der Waals surface area contributed by atoms with Crippen LogP contribution >= 0.6 is 0 Å². The second-order valence-electron chi connectivity index (χ2n) is 16.8. The molecule has 0 N–H and O–H groups in total. The van der Waals surface area contributed by atoms with E-state index in [4.69, 9.17) is 18.9 Å².